The van der Waals surface area contributed by atoms with Crippen molar-refractivity contribution < 1.29 is 54.8 Å². The summed E-state index contributed by atoms with van der Waals surface area (Å²) >= 11 is 0. The third-order valence-corrected chi connectivity index (χ3v) is 7.31. The number of nitrogens with one attached hydrogen (secondary N) is 1. The van der Waals surface area contributed by atoms with Gasteiger partial charge in [0.1, 0.15) is 48.8 Å². The summed E-state index contributed by atoms with van der Waals surface area (Å²) in [5, 5.41) is 72.9. The fraction of sp³-hybridized carbons (Fsp3) is 0.962. The first-order valence-electron chi connectivity index (χ1n) is 14.1. The lowest BCUT2D eigenvalue weighted by molar-refractivity contribution is -0.343. The van der Waals surface area contributed by atoms with Crippen LogP contribution in [0.5, 0.6) is 0 Å². The van der Waals surface area contributed by atoms with Gasteiger partial charge in [-0.2, -0.15) is 0 Å². The maximum atomic E-state index is 12.4. The summed E-state index contributed by atoms with van der Waals surface area (Å²) in [4.78, 5) is 12.4. The highest BCUT2D eigenvalue weighted by Crippen LogP contribution is 2.28. The number of ether oxygens (including phenoxy) is 3. The summed E-state index contributed by atoms with van der Waals surface area (Å²) in [5.41, 5.74) is 0. The van der Waals surface area contributed by atoms with E-state index in [1.54, 1.807) is 0 Å². The second kappa shape index (κ2) is 17.7. The number of hydrogen-bond donors (Lipinski definition) is 8. The van der Waals surface area contributed by atoms with Crippen LogP contribution in [-0.4, -0.2) is 116 Å². The van der Waals surface area contributed by atoms with Crippen molar-refractivity contribution in [1.29, 1.82) is 0 Å². The molecule has 8 N–H and O–H groups in total. The van der Waals surface area contributed by atoms with Crippen molar-refractivity contribution >= 4 is 5.91 Å². The molecule has 0 bridgehead atoms. The predicted molar refractivity (Wildman–Crippen MR) is 136 cm³/mol. The molecule has 2 saturated heterocycles. The third-order valence-electron chi connectivity index (χ3n) is 7.31. The SMILES string of the molecule is CCCCCCCCCCCCCC(=O)NC1O[C@H](CO)[C@@H](O[C@@H]2O[C@H](CO)[C@@H](O)[C@H](O)[C@@H]2O)[C@H](O)[C@@H]1O. The van der Waals surface area contributed by atoms with Crippen molar-refractivity contribution in [2.45, 2.75) is 145 Å². The largest absolute Gasteiger partial charge is 0.394 e. The first-order valence-corrected chi connectivity index (χ1v) is 14.1. The molecule has 0 aliphatic carbocycles. The molecular formula is C26H49NO11. The first kappa shape index (κ1) is 33.3. The smallest absolute Gasteiger partial charge is 0.222 e. The molecule has 0 aromatic rings. The first-order chi connectivity index (χ1) is 18.2. The van der Waals surface area contributed by atoms with Gasteiger partial charge in [0.25, 0.3) is 0 Å². The highest BCUT2D eigenvalue weighted by Gasteiger charge is 2.50. The van der Waals surface area contributed by atoms with Crippen LogP contribution in [0.1, 0.15) is 84.0 Å². The van der Waals surface area contributed by atoms with Crippen LogP contribution in [0.2, 0.25) is 0 Å². The summed E-state index contributed by atoms with van der Waals surface area (Å²) in [6.07, 6.45) is -2.14. The molecule has 0 spiro atoms. The molecule has 1 unspecified atom stereocenters. The van der Waals surface area contributed by atoms with Gasteiger partial charge in [-0.15, -0.1) is 0 Å². The fourth-order valence-electron chi connectivity index (χ4n) is 4.89. The molecule has 2 heterocycles. The Labute approximate surface area is 224 Å². The highest BCUT2D eigenvalue weighted by atomic mass is 16.7. The van der Waals surface area contributed by atoms with E-state index in [0.29, 0.717) is 6.42 Å². The summed E-state index contributed by atoms with van der Waals surface area (Å²) in [7, 11) is 0. The van der Waals surface area contributed by atoms with E-state index in [1.165, 1.54) is 44.9 Å². The average molecular weight is 552 g/mol. The van der Waals surface area contributed by atoms with Crippen molar-refractivity contribution in [3.63, 3.8) is 0 Å². The second-order valence-corrected chi connectivity index (χ2v) is 10.4. The zero-order valence-electron chi connectivity index (χ0n) is 22.4. The lowest BCUT2D eigenvalue weighted by Gasteiger charge is -2.46. The summed E-state index contributed by atoms with van der Waals surface area (Å²) in [5.74, 6) is -0.359. The zero-order chi connectivity index (χ0) is 28.1. The molecule has 12 nitrogen and oxygen atoms in total. The Morgan fingerprint density at radius 3 is 1.79 bits per heavy atom. The van der Waals surface area contributed by atoms with Gasteiger partial charge in [0.2, 0.25) is 5.91 Å². The Kier molecular flexibility index (Phi) is 15.5. The van der Waals surface area contributed by atoms with Gasteiger partial charge >= 0.3 is 0 Å². The van der Waals surface area contributed by atoms with E-state index in [9.17, 15) is 40.5 Å². The molecule has 0 aromatic heterocycles. The predicted octanol–water partition coefficient (Wildman–Crippen LogP) is -0.572. The number of aliphatic hydroxyl groups is 7. The molecule has 2 aliphatic rings. The van der Waals surface area contributed by atoms with Crippen molar-refractivity contribution in [3.8, 4) is 0 Å². The molecule has 2 fully saturated rings. The van der Waals surface area contributed by atoms with Crippen LogP contribution in [0.3, 0.4) is 0 Å². The van der Waals surface area contributed by atoms with Crippen molar-refractivity contribution in [1.82, 2.24) is 5.32 Å². The van der Waals surface area contributed by atoms with Crippen LogP contribution in [0.25, 0.3) is 0 Å². The van der Waals surface area contributed by atoms with Crippen LogP contribution in [-0.2, 0) is 19.0 Å². The van der Waals surface area contributed by atoms with Gasteiger partial charge in [-0.25, -0.2) is 0 Å². The van der Waals surface area contributed by atoms with Crippen LogP contribution in [0, 0.1) is 0 Å². The summed E-state index contributed by atoms with van der Waals surface area (Å²) < 4.78 is 16.4. The Balaban J connectivity index is 1.74. The molecular weight excluding hydrogens is 502 g/mol. The number of rotatable bonds is 17. The van der Waals surface area contributed by atoms with Gasteiger partial charge in [0.05, 0.1) is 13.2 Å². The Morgan fingerprint density at radius 1 is 0.684 bits per heavy atom. The molecule has 0 aromatic carbocycles. The number of aliphatic hydroxyl groups excluding tert-OH is 7. The summed E-state index contributed by atoms with van der Waals surface area (Å²) in [6, 6.07) is 0. The number of carbonyl (C=O) groups excluding carboxylic acids is 1. The van der Waals surface area contributed by atoms with Gasteiger partial charge in [0, 0.05) is 6.42 Å². The maximum absolute atomic E-state index is 12.4. The Morgan fingerprint density at radius 2 is 1.24 bits per heavy atom. The van der Waals surface area contributed by atoms with E-state index in [4.69, 9.17) is 14.2 Å². The molecule has 2 rings (SSSR count). The molecule has 0 saturated carbocycles. The lowest BCUT2D eigenvalue weighted by atomic mass is 9.96. The molecule has 38 heavy (non-hydrogen) atoms. The molecule has 224 valence electrons. The van der Waals surface area contributed by atoms with Crippen molar-refractivity contribution in [2.24, 2.45) is 0 Å². The second-order valence-electron chi connectivity index (χ2n) is 10.4. The minimum atomic E-state index is -1.74. The van der Waals surface area contributed by atoms with Gasteiger partial charge in [-0.1, -0.05) is 71.1 Å². The fourth-order valence-corrected chi connectivity index (χ4v) is 4.89. The minimum absolute atomic E-state index is 0.230. The monoisotopic (exact) mass is 551 g/mol. The van der Waals surface area contributed by atoms with E-state index >= 15 is 0 Å². The highest BCUT2D eigenvalue weighted by molar-refractivity contribution is 5.76. The average Bonchev–Trinajstić information content (AvgIpc) is 2.91. The minimum Gasteiger partial charge on any atom is -0.394 e. The van der Waals surface area contributed by atoms with Crippen molar-refractivity contribution in [2.75, 3.05) is 13.2 Å². The van der Waals surface area contributed by atoms with Gasteiger partial charge in [-0.05, 0) is 6.42 Å². The van der Waals surface area contributed by atoms with Crippen LogP contribution < -0.4 is 5.32 Å². The lowest BCUT2D eigenvalue weighted by Crippen LogP contribution is -2.66. The topological polar surface area (TPSA) is 198 Å². The van der Waals surface area contributed by atoms with E-state index < -0.39 is 74.6 Å². The third kappa shape index (κ3) is 9.92. The quantitative estimate of drug-likeness (QED) is 0.108. The normalized spacial score (nSPS) is 35.8. The standard InChI is InChI=1S/C26H49NO11/c1-2-3-4-5-6-7-8-9-10-11-12-13-18(30)27-25-22(34)21(33)24(17(15-29)36-25)38-26-23(35)20(32)19(31)16(14-28)37-26/h16-17,19-26,28-29,31-35H,2-15H2,1H3,(H,27,30)/t16-,17-,19-,20+,21-,22+,23+,24-,25?,26+/m1/s1. The molecule has 1 amide bonds. The summed E-state index contributed by atoms with van der Waals surface area (Å²) in [6.45, 7) is 0.881. The number of amides is 1. The molecule has 2 aliphatic heterocycles. The van der Waals surface area contributed by atoms with E-state index in [0.717, 1.165) is 19.3 Å². The Hall–Kier alpha value is -0.930. The molecule has 12 heteroatoms. The van der Waals surface area contributed by atoms with Crippen LogP contribution in [0.4, 0.5) is 0 Å². The number of hydrogen-bond acceptors (Lipinski definition) is 11. The van der Waals surface area contributed by atoms with Gasteiger partial charge in [-0.3, -0.25) is 4.79 Å². The van der Waals surface area contributed by atoms with Gasteiger partial charge in [0.15, 0.2) is 12.5 Å². The Bertz CT molecular complexity index is 653. The van der Waals surface area contributed by atoms with E-state index in [2.05, 4.69) is 12.2 Å². The zero-order valence-corrected chi connectivity index (χ0v) is 22.4. The maximum Gasteiger partial charge on any atom is 0.222 e. The number of carbonyl (C=O) groups is 1. The van der Waals surface area contributed by atoms with Crippen LogP contribution in [0.15, 0.2) is 0 Å². The van der Waals surface area contributed by atoms with Crippen LogP contribution >= 0.6 is 0 Å². The van der Waals surface area contributed by atoms with E-state index in [-0.39, 0.29) is 12.3 Å². The van der Waals surface area contributed by atoms with Gasteiger partial charge < -0.3 is 55.3 Å². The molecule has 10 atom stereocenters. The number of unbranched alkanes of at least 4 members (excludes halogenated alkanes) is 10. The molecule has 0 radical (unpaired) electrons. The van der Waals surface area contributed by atoms with Crippen molar-refractivity contribution in [3.05, 3.63) is 0 Å². The van der Waals surface area contributed by atoms with E-state index in [1.807, 2.05) is 0 Å².